The largest absolute Gasteiger partial charge is 0.493 e. The molecule has 1 saturated carbocycles. The van der Waals surface area contributed by atoms with Crippen molar-refractivity contribution in [1.82, 2.24) is 0 Å². The lowest BCUT2D eigenvalue weighted by atomic mass is 9.85. The Hall–Kier alpha value is -1.71. The summed E-state index contributed by atoms with van der Waals surface area (Å²) < 4.78 is 5.48. The van der Waals surface area contributed by atoms with Crippen LogP contribution in [0.2, 0.25) is 0 Å². The highest BCUT2D eigenvalue weighted by Gasteiger charge is 2.26. The first-order chi connectivity index (χ1) is 7.28. The molecule has 1 aliphatic carbocycles. The van der Waals surface area contributed by atoms with E-state index in [1.54, 1.807) is 29.4 Å². The van der Waals surface area contributed by atoms with Gasteiger partial charge in [-0.05, 0) is 12.1 Å². The summed E-state index contributed by atoms with van der Waals surface area (Å²) in [5, 5.41) is 1.80. The Kier molecular flexibility index (Phi) is 2.76. The molecule has 15 heavy (non-hydrogen) atoms. The molecule has 0 amide bonds. The van der Waals surface area contributed by atoms with Crippen LogP contribution < -0.4 is 9.91 Å². The van der Waals surface area contributed by atoms with E-state index in [1.807, 2.05) is 0 Å². The van der Waals surface area contributed by atoms with Crippen molar-refractivity contribution >= 4 is 11.5 Å². The third-order valence-electron chi connectivity index (χ3n) is 2.49. The zero-order chi connectivity index (χ0) is 10.7. The summed E-state index contributed by atoms with van der Waals surface area (Å²) in [5.41, 5.74) is 0.515. The number of hydrogen-bond acceptors (Lipinski definition) is 3. The average molecular weight is 206 g/mol. The molecule has 0 atom stereocenters. The predicted molar refractivity (Wildman–Crippen MR) is 53.7 cm³/mol. The highest BCUT2D eigenvalue weighted by atomic mass is 16.5. The van der Waals surface area contributed by atoms with Crippen molar-refractivity contribution in [3.05, 3.63) is 29.2 Å². The number of ether oxygens (including phenoxy) is 1. The fraction of sp³-hybridized carbons (Fsp3) is 0.364. The van der Waals surface area contributed by atoms with Gasteiger partial charge in [-0.3, -0.25) is 4.79 Å². The molecule has 0 radical (unpaired) electrons. The highest BCUT2D eigenvalue weighted by Crippen LogP contribution is 2.24. The third kappa shape index (κ3) is 2.40. The molecule has 1 fully saturated rings. The first-order valence-corrected chi connectivity index (χ1v) is 4.90. The summed E-state index contributed by atoms with van der Waals surface area (Å²) in [5.74, 6) is 1.41. The van der Waals surface area contributed by atoms with Crippen LogP contribution in [0.25, 0.3) is 0 Å². The average Bonchev–Trinajstić information content (AvgIpc) is 2.23. The van der Waals surface area contributed by atoms with Crippen LogP contribution in [-0.2, 0) is 4.79 Å². The number of carbonyl (C=O) groups is 1. The molecule has 0 aliphatic heterocycles. The lowest BCUT2D eigenvalue weighted by molar-refractivity contribution is -0.379. The van der Waals surface area contributed by atoms with E-state index >= 15 is 0 Å². The molecule has 4 heteroatoms. The van der Waals surface area contributed by atoms with Gasteiger partial charge in [0.2, 0.25) is 0 Å². The lowest BCUT2D eigenvalue weighted by Gasteiger charge is -2.23. The summed E-state index contributed by atoms with van der Waals surface area (Å²) in [6, 6.07) is 6.80. The second-order valence-electron chi connectivity index (χ2n) is 3.75. The van der Waals surface area contributed by atoms with Gasteiger partial charge in [0.1, 0.15) is 11.5 Å². The van der Waals surface area contributed by atoms with Crippen molar-refractivity contribution in [3.8, 4) is 5.75 Å². The Morgan fingerprint density at radius 1 is 1.27 bits per heavy atom. The van der Waals surface area contributed by atoms with Gasteiger partial charge in [0, 0.05) is 41.0 Å². The van der Waals surface area contributed by atoms with Gasteiger partial charge in [0.15, 0.2) is 0 Å². The first-order valence-electron chi connectivity index (χ1n) is 4.90. The van der Waals surface area contributed by atoms with Crippen LogP contribution in [-0.4, -0.2) is 12.4 Å². The molecule has 0 heterocycles. The normalized spacial score (nSPS) is 15.9. The molecule has 0 saturated heterocycles. The Balaban J connectivity index is 1.83. The SMILES string of the molecule is O=[NH+]c1ccc(OCC2CC(=O)C2)cc1. The molecule has 0 unspecified atom stereocenters. The molecule has 1 aromatic carbocycles. The van der Waals surface area contributed by atoms with Gasteiger partial charge < -0.3 is 4.74 Å². The minimum absolute atomic E-state index is 0.314. The van der Waals surface area contributed by atoms with E-state index in [0.717, 1.165) is 5.75 Å². The van der Waals surface area contributed by atoms with Gasteiger partial charge in [-0.2, -0.15) is 0 Å². The summed E-state index contributed by atoms with van der Waals surface area (Å²) in [7, 11) is 0. The Morgan fingerprint density at radius 2 is 1.93 bits per heavy atom. The van der Waals surface area contributed by atoms with Gasteiger partial charge in [0.25, 0.3) is 5.69 Å². The molecule has 78 valence electrons. The van der Waals surface area contributed by atoms with Crippen LogP contribution in [0.5, 0.6) is 5.75 Å². The number of benzene rings is 1. The van der Waals surface area contributed by atoms with Gasteiger partial charge in [-0.1, -0.05) is 0 Å². The zero-order valence-electron chi connectivity index (χ0n) is 8.23. The molecular formula is C11H12NO3+. The fourth-order valence-corrected chi connectivity index (χ4v) is 1.54. The van der Waals surface area contributed by atoms with Crippen LogP contribution in [0.4, 0.5) is 5.69 Å². The maximum absolute atomic E-state index is 10.7. The zero-order valence-corrected chi connectivity index (χ0v) is 8.23. The fourth-order valence-electron chi connectivity index (χ4n) is 1.54. The minimum atomic E-state index is 0.314. The van der Waals surface area contributed by atoms with Crippen molar-refractivity contribution < 1.29 is 14.7 Å². The van der Waals surface area contributed by atoms with Gasteiger partial charge in [0.05, 0.1) is 6.61 Å². The topological polar surface area (TPSA) is 57.3 Å². The van der Waals surface area contributed by atoms with Crippen LogP contribution in [0.15, 0.2) is 24.3 Å². The van der Waals surface area contributed by atoms with Crippen molar-refractivity contribution in [2.24, 2.45) is 5.92 Å². The number of rotatable bonds is 4. The predicted octanol–water partition coefficient (Wildman–Crippen LogP) is 0.523. The standard InChI is InChI=1S/C11H11NO3/c13-10-5-8(6-10)7-15-11-3-1-9(12-14)2-4-11/h1-4,8H,5-7H2/p+1. The molecule has 2 rings (SSSR count). The monoisotopic (exact) mass is 206 g/mol. The van der Waals surface area contributed by atoms with E-state index in [1.165, 1.54) is 0 Å². The number of Topliss-reactive ketones (excluding diaryl/α,β-unsaturated/α-hetero) is 1. The maximum atomic E-state index is 10.7. The maximum Gasteiger partial charge on any atom is 0.253 e. The van der Waals surface area contributed by atoms with Gasteiger partial charge in [-0.15, -0.1) is 0 Å². The van der Waals surface area contributed by atoms with E-state index in [-0.39, 0.29) is 0 Å². The number of nitroso groups, excluding NO2 is 1. The third-order valence-corrected chi connectivity index (χ3v) is 2.49. The van der Waals surface area contributed by atoms with Crippen LogP contribution >= 0.6 is 0 Å². The molecule has 1 N–H and O–H groups in total. The van der Waals surface area contributed by atoms with Crippen molar-refractivity contribution in [2.45, 2.75) is 12.8 Å². The Morgan fingerprint density at radius 3 is 2.47 bits per heavy atom. The minimum Gasteiger partial charge on any atom is -0.493 e. The lowest BCUT2D eigenvalue weighted by Crippen LogP contribution is -2.55. The molecule has 0 bridgehead atoms. The quantitative estimate of drug-likeness (QED) is 0.781. The van der Waals surface area contributed by atoms with Gasteiger partial charge in [-0.25, -0.2) is 0 Å². The highest BCUT2D eigenvalue weighted by molar-refractivity contribution is 5.84. The van der Waals surface area contributed by atoms with Crippen molar-refractivity contribution in [1.29, 1.82) is 0 Å². The summed E-state index contributed by atoms with van der Waals surface area (Å²) >= 11 is 0. The number of ketones is 1. The smallest absolute Gasteiger partial charge is 0.253 e. The van der Waals surface area contributed by atoms with E-state index in [4.69, 9.17) is 4.74 Å². The van der Waals surface area contributed by atoms with Crippen molar-refractivity contribution in [2.75, 3.05) is 6.61 Å². The summed E-state index contributed by atoms with van der Waals surface area (Å²) in [6.45, 7) is 0.579. The number of hydrogen-bond donors (Lipinski definition) is 1. The molecular weight excluding hydrogens is 194 g/mol. The van der Waals surface area contributed by atoms with Crippen LogP contribution in [0.1, 0.15) is 12.8 Å². The van der Waals surface area contributed by atoms with Gasteiger partial charge >= 0.3 is 0 Å². The Labute approximate surface area is 87.2 Å². The van der Waals surface area contributed by atoms with E-state index in [9.17, 15) is 9.70 Å². The van der Waals surface area contributed by atoms with Crippen LogP contribution in [0.3, 0.4) is 0 Å². The first kappa shape index (κ1) is 9.83. The van der Waals surface area contributed by atoms with Crippen LogP contribution in [0, 0.1) is 10.8 Å². The molecule has 1 aromatic rings. The van der Waals surface area contributed by atoms with E-state index in [2.05, 4.69) is 0 Å². The molecule has 4 nitrogen and oxygen atoms in total. The number of nitrogens with one attached hydrogen (secondary N) is 1. The molecule has 0 aromatic heterocycles. The summed E-state index contributed by atoms with van der Waals surface area (Å²) in [4.78, 5) is 21.0. The molecule has 1 aliphatic rings. The second kappa shape index (κ2) is 4.21. The van der Waals surface area contributed by atoms with E-state index < -0.39 is 0 Å². The number of carbonyl (C=O) groups excluding carboxylic acids is 1. The summed E-state index contributed by atoms with van der Waals surface area (Å²) in [6.07, 6.45) is 1.28. The van der Waals surface area contributed by atoms with Crippen molar-refractivity contribution in [3.63, 3.8) is 0 Å². The molecule has 0 spiro atoms. The Bertz CT molecular complexity index is 364. The second-order valence-corrected chi connectivity index (χ2v) is 3.75. The van der Waals surface area contributed by atoms with E-state index in [0.29, 0.717) is 36.8 Å².